The summed E-state index contributed by atoms with van der Waals surface area (Å²) in [5.74, 6) is 0. The Kier molecular flexibility index (Phi) is 2.74. The van der Waals surface area contributed by atoms with Gasteiger partial charge in [-0.3, -0.25) is 0 Å². The summed E-state index contributed by atoms with van der Waals surface area (Å²) in [4.78, 5) is 0.991. The summed E-state index contributed by atoms with van der Waals surface area (Å²) in [5.41, 5.74) is 5.72. The molecule has 74 valence electrons. The normalized spacial score (nSPS) is 13.4. The number of hydrogen-bond donors (Lipinski definition) is 2. The Bertz CT molecular complexity index is 454. The summed E-state index contributed by atoms with van der Waals surface area (Å²) < 4.78 is 1.11. The van der Waals surface area contributed by atoms with Crippen LogP contribution in [0, 0.1) is 0 Å². The van der Waals surface area contributed by atoms with Gasteiger partial charge in [-0.25, -0.2) is 0 Å². The minimum absolute atomic E-state index is 0.0272. The minimum atomic E-state index is -0.286. The van der Waals surface area contributed by atoms with Crippen LogP contribution in [0.25, 0.3) is 10.1 Å². The van der Waals surface area contributed by atoms with Gasteiger partial charge in [-0.05, 0) is 23.6 Å². The first-order valence-corrected chi connectivity index (χ1v) is 5.45. The molecule has 1 aromatic heterocycles. The van der Waals surface area contributed by atoms with Crippen LogP contribution in [-0.4, -0.2) is 11.7 Å². The zero-order chi connectivity index (χ0) is 10.1. The van der Waals surface area contributed by atoms with Crippen molar-refractivity contribution in [3.05, 3.63) is 34.2 Å². The van der Waals surface area contributed by atoms with Crippen LogP contribution in [0.3, 0.4) is 0 Å². The minimum Gasteiger partial charge on any atom is -0.394 e. The monoisotopic (exact) mass is 227 g/mol. The molecule has 1 heterocycles. The molecule has 0 saturated heterocycles. The van der Waals surface area contributed by atoms with E-state index in [0.717, 1.165) is 20.0 Å². The molecule has 4 heteroatoms. The van der Waals surface area contributed by atoms with Gasteiger partial charge in [0, 0.05) is 14.6 Å². The standard InChI is InChI=1S/C10H10ClNOS/c11-7-2-1-6-3-10(8(12)5-13)14-9(6)4-7/h1-4,8,13H,5,12H2/t8-/m0/s1. The zero-order valence-corrected chi connectivity index (χ0v) is 8.98. The molecule has 14 heavy (non-hydrogen) atoms. The van der Waals surface area contributed by atoms with Crippen molar-refractivity contribution in [1.82, 2.24) is 0 Å². The maximum absolute atomic E-state index is 8.92. The quantitative estimate of drug-likeness (QED) is 0.828. The van der Waals surface area contributed by atoms with Gasteiger partial charge < -0.3 is 10.8 Å². The average molecular weight is 228 g/mol. The number of aliphatic hydroxyl groups is 1. The lowest BCUT2D eigenvalue weighted by Crippen LogP contribution is -2.12. The topological polar surface area (TPSA) is 46.2 Å². The SMILES string of the molecule is N[C@@H](CO)c1cc2ccc(Cl)cc2s1. The van der Waals surface area contributed by atoms with E-state index in [1.165, 1.54) is 0 Å². The van der Waals surface area contributed by atoms with E-state index in [1.54, 1.807) is 11.3 Å². The maximum Gasteiger partial charge on any atom is 0.0632 e. The van der Waals surface area contributed by atoms with Crippen molar-refractivity contribution >= 4 is 33.0 Å². The smallest absolute Gasteiger partial charge is 0.0632 e. The van der Waals surface area contributed by atoms with Gasteiger partial charge >= 0.3 is 0 Å². The van der Waals surface area contributed by atoms with Crippen molar-refractivity contribution in [2.75, 3.05) is 6.61 Å². The van der Waals surface area contributed by atoms with Crippen molar-refractivity contribution in [3.8, 4) is 0 Å². The van der Waals surface area contributed by atoms with Gasteiger partial charge in [0.15, 0.2) is 0 Å². The fraction of sp³-hybridized carbons (Fsp3) is 0.200. The van der Waals surface area contributed by atoms with Gasteiger partial charge in [-0.15, -0.1) is 11.3 Å². The van der Waals surface area contributed by atoms with Crippen molar-refractivity contribution in [2.45, 2.75) is 6.04 Å². The summed E-state index contributed by atoms with van der Waals surface area (Å²) in [5, 5.41) is 10.8. The van der Waals surface area contributed by atoms with Crippen molar-refractivity contribution in [2.24, 2.45) is 5.73 Å². The van der Waals surface area contributed by atoms with Gasteiger partial charge in [0.1, 0.15) is 0 Å². The van der Waals surface area contributed by atoms with E-state index in [1.807, 2.05) is 24.3 Å². The highest BCUT2D eigenvalue weighted by Gasteiger charge is 2.08. The molecule has 0 spiro atoms. The van der Waals surface area contributed by atoms with Crippen molar-refractivity contribution in [1.29, 1.82) is 0 Å². The molecule has 1 aromatic carbocycles. The molecule has 0 aliphatic rings. The van der Waals surface area contributed by atoms with Gasteiger partial charge in [0.2, 0.25) is 0 Å². The fourth-order valence-corrected chi connectivity index (χ4v) is 2.63. The van der Waals surface area contributed by atoms with E-state index in [4.69, 9.17) is 22.4 Å². The first-order valence-electron chi connectivity index (χ1n) is 4.26. The zero-order valence-electron chi connectivity index (χ0n) is 7.40. The van der Waals surface area contributed by atoms with E-state index in [0.29, 0.717) is 0 Å². The summed E-state index contributed by atoms with van der Waals surface area (Å²) in [7, 11) is 0. The van der Waals surface area contributed by atoms with Crippen LogP contribution in [-0.2, 0) is 0 Å². The number of hydrogen-bond acceptors (Lipinski definition) is 3. The number of halogens is 1. The number of nitrogens with two attached hydrogens (primary N) is 1. The molecule has 0 radical (unpaired) electrons. The molecule has 0 aliphatic carbocycles. The van der Waals surface area contributed by atoms with Crippen LogP contribution >= 0.6 is 22.9 Å². The van der Waals surface area contributed by atoms with Gasteiger partial charge in [0.25, 0.3) is 0 Å². The second-order valence-electron chi connectivity index (χ2n) is 3.12. The molecule has 3 N–H and O–H groups in total. The molecule has 0 saturated carbocycles. The number of rotatable bonds is 2. The average Bonchev–Trinajstić information content (AvgIpc) is 2.59. The molecule has 1 atom stereocenters. The molecule has 0 unspecified atom stereocenters. The molecular weight excluding hydrogens is 218 g/mol. The number of thiophene rings is 1. The third-order valence-corrected chi connectivity index (χ3v) is 3.53. The summed E-state index contributed by atoms with van der Waals surface area (Å²) in [6.45, 7) is -0.0272. The molecule has 0 fully saturated rings. The molecule has 0 aliphatic heterocycles. The number of fused-ring (bicyclic) bond motifs is 1. The van der Waals surface area contributed by atoms with Gasteiger partial charge in [0.05, 0.1) is 12.6 Å². The Labute approximate surface area is 90.9 Å². The van der Waals surface area contributed by atoms with Crippen LogP contribution in [0.1, 0.15) is 10.9 Å². The summed E-state index contributed by atoms with van der Waals surface area (Å²) >= 11 is 7.44. The van der Waals surface area contributed by atoms with Crippen LogP contribution < -0.4 is 5.73 Å². The lowest BCUT2D eigenvalue weighted by atomic mass is 10.2. The summed E-state index contributed by atoms with van der Waals surface area (Å²) in [6.07, 6.45) is 0. The Morgan fingerprint density at radius 1 is 1.43 bits per heavy atom. The highest BCUT2D eigenvalue weighted by Crippen LogP contribution is 2.30. The Hall–Kier alpha value is -0.610. The molecular formula is C10H10ClNOS. The number of benzene rings is 1. The molecule has 0 bridgehead atoms. The third-order valence-electron chi connectivity index (χ3n) is 2.06. The van der Waals surface area contributed by atoms with Crippen LogP contribution in [0.2, 0.25) is 5.02 Å². The second-order valence-corrected chi connectivity index (χ2v) is 4.67. The van der Waals surface area contributed by atoms with Crippen LogP contribution in [0.5, 0.6) is 0 Å². The van der Waals surface area contributed by atoms with Gasteiger partial charge in [-0.2, -0.15) is 0 Å². The summed E-state index contributed by atoms with van der Waals surface area (Å²) in [6, 6.07) is 7.44. The maximum atomic E-state index is 8.92. The molecule has 2 aromatic rings. The largest absolute Gasteiger partial charge is 0.394 e. The predicted octanol–water partition coefficient (Wildman–Crippen LogP) is 2.55. The highest BCUT2D eigenvalue weighted by molar-refractivity contribution is 7.19. The van der Waals surface area contributed by atoms with Crippen LogP contribution in [0.15, 0.2) is 24.3 Å². The predicted molar refractivity (Wildman–Crippen MR) is 60.8 cm³/mol. The fourth-order valence-electron chi connectivity index (χ4n) is 1.30. The third kappa shape index (κ3) is 1.77. The second kappa shape index (κ2) is 3.87. The van der Waals surface area contributed by atoms with E-state index in [9.17, 15) is 0 Å². The molecule has 2 rings (SSSR count). The van der Waals surface area contributed by atoms with Crippen molar-refractivity contribution < 1.29 is 5.11 Å². The lowest BCUT2D eigenvalue weighted by Gasteiger charge is -2.02. The molecule has 2 nitrogen and oxygen atoms in total. The van der Waals surface area contributed by atoms with E-state index in [2.05, 4.69) is 0 Å². The Balaban J connectivity index is 2.51. The lowest BCUT2D eigenvalue weighted by molar-refractivity contribution is 0.269. The van der Waals surface area contributed by atoms with E-state index in [-0.39, 0.29) is 12.6 Å². The first kappa shape index (κ1) is 9.93. The van der Waals surface area contributed by atoms with Crippen molar-refractivity contribution in [3.63, 3.8) is 0 Å². The van der Waals surface area contributed by atoms with Gasteiger partial charge in [-0.1, -0.05) is 17.7 Å². The van der Waals surface area contributed by atoms with E-state index >= 15 is 0 Å². The number of aliphatic hydroxyl groups excluding tert-OH is 1. The highest BCUT2D eigenvalue weighted by atomic mass is 35.5. The first-order chi connectivity index (χ1) is 6.70. The molecule has 0 amide bonds. The Morgan fingerprint density at radius 3 is 2.93 bits per heavy atom. The Morgan fingerprint density at radius 2 is 2.21 bits per heavy atom. The van der Waals surface area contributed by atoms with Crippen LogP contribution in [0.4, 0.5) is 0 Å². The van der Waals surface area contributed by atoms with E-state index < -0.39 is 0 Å².